The first-order valence-corrected chi connectivity index (χ1v) is 9.78. The number of amides is 1. The Kier molecular flexibility index (Phi) is 4.44. The van der Waals surface area contributed by atoms with Crippen LogP contribution in [-0.2, 0) is 0 Å². The normalized spacial score (nSPS) is 11.2. The van der Waals surface area contributed by atoms with Gasteiger partial charge in [0.1, 0.15) is 10.5 Å². The summed E-state index contributed by atoms with van der Waals surface area (Å²) >= 11 is 16.0. The molecule has 0 fully saturated rings. The van der Waals surface area contributed by atoms with Crippen molar-refractivity contribution in [2.75, 3.05) is 5.32 Å². The monoisotopic (exact) mass is 465 g/mol. The Bertz CT molecular complexity index is 1310. The Morgan fingerprint density at radius 2 is 2.04 bits per heavy atom. The molecule has 0 bridgehead atoms. The lowest BCUT2D eigenvalue weighted by molar-refractivity contribution is 0.103. The molecule has 2 aromatic carbocycles. The number of para-hydroxylation sites is 1. The van der Waals surface area contributed by atoms with Crippen LogP contribution in [0.3, 0.4) is 0 Å². The van der Waals surface area contributed by atoms with Gasteiger partial charge in [0.15, 0.2) is 3.95 Å². The summed E-state index contributed by atoms with van der Waals surface area (Å²) in [5.41, 5.74) is 1.21. The first-order valence-electron chi connectivity index (χ1n) is 7.38. The van der Waals surface area contributed by atoms with Crippen LogP contribution in [-0.4, -0.2) is 15.3 Å². The van der Waals surface area contributed by atoms with E-state index in [9.17, 15) is 9.59 Å². The third-order valence-electron chi connectivity index (χ3n) is 3.81. The van der Waals surface area contributed by atoms with Gasteiger partial charge in [0.2, 0.25) is 0 Å². The first kappa shape index (κ1) is 17.4. The number of anilines is 1. The van der Waals surface area contributed by atoms with E-state index in [4.69, 9.17) is 23.8 Å². The minimum atomic E-state index is -0.385. The molecule has 4 aromatic rings. The van der Waals surface area contributed by atoms with Crippen LogP contribution in [0.4, 0.5) is 5.69 Å². The van der Waals surface area contributed by atoms with Crippen molar-refractivity contribution in [2.45, 2.75) is 0 Å². The van der Waals surface area contributed by atoms with E-state index >= 15 is 0 Å². The minimum absolute atomic E-state index is 0.291. The number of carbonyl (C=O) groups excluding carboxylic acids is 1. The van der Waals surface area contributed by atoms with Crippen molar-refractivity contribution in [3.05, 3.63) is 71.1 Å². The maximum Gasteiger partial charge on any atom is 0.269 e. The Morgan fingerprint density at radius 1 is 1.27 bits per heavy atom. The highest BCUT2D eigenvalue weighted by Crippen LogP contribution is 2.26. The van der Waals surface area contributed by atoms with Gasteiger partial charge in [-0.2, -0.15) is 0 Å². The average Bonchev–Trinajstić information content (AvgIpc) is 2.94. The molecule has 0 saturated carbocycles. The molecule has 0 saturated heterocycles. The predicted octanol–water partition coefficient (Wildman–Crippen LogP) is 5.24. The van der Waals surface area contributed by atoms with Gasteiger partial charge in [0, 0.05) is 4.47 Å². The highest BCUT2D eigenvalue weighted by molar-refractivity contribution is 9.10. The molecule has 0 aliphatic rings. The van der Waals surface area contributed by atoms with Gasteiger partial charge < -0.3 is 10.3 Å². The maximum atomic E-state index is 12.7. The number of fused-ring (bicyclic) bond motifs is 3. The van der Waals surface area contributed by atoms with E-state index < -0.39 is 0 Å². The summed E-state index contributed by atoms with van der Waals surface area (Å²) in [6, 6.07) is 12.3. The third kappa shape index (κ3) is 2.88. The second-order valence-electron chi connectivity index (χ2n) is 5.43. The van der Waals surface area contributed by atoms with Gasteiger partial charge in [-0.1, -0.05) is 51.0 Å². The van der Waals surface area contributed by atoms with E-state index in [0.29, 0.717) is 36.1 Å². The van der Waals surface area contributed by atoms with Gasteiger partial charge in [0.25, 0.3) is 11.5 Å². The molecular weight excluding hydrogens is 458 g/mol. The summed E-state index contributed by atoms with van der Waals surface area (Å²) < 4.78 is 2.95. The molecule has 0 spiro atoms. The highest BCUT2D eigenvalue weighted by atomic mass is 79.9. The number of aromatic nitrogens is 2. The highest BCUT2D eigenvalue weighted by Gasteiger charge is 2.18. The molecule has 2 N–H and O–H groups in total. The maximum absolute atomic E-state index is 12.7. The molecule has 0 unspecified atom stereocenters. The van der Waals surface area contributed by atoms with Crippen molar-refractivity contribution in [2.24, 2.45) is 0 Å². The Morgan fingerprint density at radius 3 is 2.81 bits per heavy atom. The van der Waals surface area contributed by atoms with Crippen molar-refractivity contribution in [3.63, 3.8) is 0 Å². The van der Waals surface area contributed by atoms with Crippen molar-refractivity contribution >= 4 is 79.2 Å². The lowest BCUT2D eigenvalue weighted by atomic mass is 10.2. The summed E-state index contributed by atoms with van der Waals surface area (Å²) in [6.07, 6.45) is 0. The van der Waals surface area contributed by atoms with E-state index in [1.807, 2.05) is 6.07 Å². The first-order chi connectivity index (χ1) is 12.5. The molecule has 0 radical (unpaired) electrons. The van der Waals surface area contributed by atoms with Gasteiger partial charge in [-0.25, -0.2) is 0 Å². The van der Waals surface area contributed by atoms with Crippen LogP contribution < -0.4 is 10.9 Å². The zero-order chi connectivity index (χ0) is 18.4. The number of nitrogens with zero attached hydrogens (tertiary/aromatic N) is 1. The lowest BCUT2D eigenvalue weighted by Crippen LogP contribution is -2.15. The molecular formula is C17H9BrClN3O2S2. The number of hydrogen-bond donors (Lipinski definition) is 2. The van der Waals surface area contributed by atoms with Crippen LogP contribution in [0.15, 0.2) is 51.7 Å². The van der Waals surface area contributed by atoms with E-state index in [-0.39, 0.29) is 11.5 Å². The average molecular weight is 467 g/mol. The van der Waals surface area contributed by atoms with Gasteiger partial charge in [-0.3, -0.25) is 14.0 Å². The van der Waals surface area contributed by atoms with Crippen molar-refractivity contribution < 1.29 is 4.79 Å². The number of rotatable bonds is 2. The number of halogens is 2. The smallest absolute Gasteiger partial charge is 0.269 e. The molecule has 1 amide bonds. The van der Waals surface area contributed by atoms with E-state index in [0.717, 1.165) is 15.8 Å². The van der Waals surface area contributed by atoms with E-state index in [2.05, 4.69) is 26.2 Å². The number of nitrogens with one attached hydrogen (secondary N) is 2. The molecule has 130 valence electrons. The van der Waals surface area contributed by atoms with Gasteiger partial charge in [-0.05, 0) is 42.5 Å². The summed E-state index contributed by atoms with van der Waals surface area (Å²) in [5.74, 6) is -0.385. The number of carbonyl (C=O) groups is 1. The zero-order valence-electron chi connectivity index (χ0n) is 12.9. The van der Waals surface area contributed by atoms with Gasteiger partial charge >= 0.3 is 0 Å². The van der Waals surface area contributed by atoms with E-state index in [1.165, 1.54) is 0 Å². The second-order valence-corrected chi connectivity index (χ2v) is 8.40. The predicted molar refractivity (Wildman–Crippen MR) is 111 cm³/mol. The summed E-state index contributed by atoms with van der Waals surface area (Å²) in [5, 5.41) is 3.67. The van der Waals surface area contributed by atoms with Crippen molar-refractivity contribution in [3.8, 4) is 0 Å². The number of thiazole rings is 1. The number of hydrogen-bond acceptors (Lipinski definition) is 4. The molecule has 2 aromatic heterocycles. The molecule has 4 rings (SSSR count). The topological polar surface area (TPSA) is 66.4 Å². The number of aromatic amines is 1. The van der Waals surface area contributed by atoms with Gasteiger partial charge in [0.05, 0.1) is 21.6 Å². The number of H-pyrrole nitrogens is 1. The summed E-state index contributed by atoms with van der Waals surface area (Å²) in [6.45, 7) is 0. The quantitative estimate of drug-likeness (QED) is 0.397. The number of benzene rings is 2. The minimum Gasteiger partial charge on any atom is -0.320 e. The Balaban J connectivity index is 1.92. The zero-order valence-corrected chi connectivity index (χ0v) is 16.9. The molecule has 0 atom stereocenters. The van der Waals surface area contributed by atoms with Crippen molar-refractivity contribution in [1.82, 2.24) is 9.38 Å². The molecule has 26 heavy (non-hydrogen) atoms. The van der Waals surface area contributed by atoms with Crippen LogP contribution in [0.5, 0.6) is 0 Å². The Hall–Kier alpha value is -2.00. The fourth-order valence-corrected chi connectivity index (χ4v) is 4.48. The molecule has 0 aliphatic heterocycles. The fraction of sp³-hybridized carbons (Fsp3) is 0. The second kappa shape index (κ2) is 6.62. The van der Waals surface area contributed by atoms with Crippen LogP contribution in [0.2, 0.25) is 5.02 Å². The van der Waals surface area contributed by atoms with Crippen LogP contribution in [0, 0.1) is 3.95 Å². The van der Waals surface area contributed by atoms with Crippen LogP contribution >= 0.6 is 51.1 Å². The summed E-state index contributed by atoms with van der Waals surface area (Å²) in [7, 11) is 0. The lowest BCUT2D eigenvalue weighted by Gasteiger charge is -2.06. The molecule has 9 heteroatoms. The van der Waals surface area contributed by atoms with Crippen LogP contribution in [0.1, 0.15) is 9.67 Å². The van der Waals surface area contributed by atoms with Gasteiger partial charge in [-0.15, -0.1) is 0 Å². The SMILES string of the molecule is O=C(Nc1ccccc1Cl)c1sc(=S)n2c1[nH]c(=O)c1cc(Br)ccc12. The van der Waals surface area contributed by atoms with Crippen molar-refractivity contribution in [1.29, 1.82) is 0 Å². The molecule has 0 aliphatic carbocycles. The largest absolute Gasteiger partial charge is 0.320 e. The van der Waals surface area contributed by atoms with Crippen LogP contribution in [0.25, 0.3) is 16.6 Å². The molecule has 2 heterocycles. The van der Waals surface area contributed by atoms with E-state index in [1.54, 1.807) is 40.8 Å². The Labute approximate surface area is 169 Å². The fourth-order valence-electron chi connectivity index (χ4n) is 2.66. The third-order valence-corrected chi connectivity index (χ3v) is 6.01. The standard InChI is InChI=1S/C17H9BrClN3O2S2/c18-8-5-6-12-9(7-8)15(23)21-14-13(26-17(25)22(12)14)16(24)20-11-4-2-1-3-10(11)19/h1-7H,(H,20,24)(H,21,23). The molecule has 5 nitrogen and oxygen atoms in total. The summed E-state index contributed by atoms with van der Waals surface area (Å²) in [4.78, 5) is 28.3.